The average Bonchev–Trinajstić information content (AvgIpc) is 3.00. The van der Waals surface area contributed by atoms with Gasteiger partial charge in [0.2, 0.25) is 0 Å². The van der Waals surface area contributed by atoms with Crippen LogP contribution >= 0.6 is 0 Å². The Bertz CT molecular complexity index is 641. The Morgan fingerprint density at radius 1 is 1.40 bits per heavy atom. The van der Waals surface area contributed by atoms with Gasteiger partial charge in [-0.2, -0.15) is 5.10 Å². The molecule has 1 atom stereocenters. The van der Waals surface area contributed by atoms with Gasteiger partial charge in [0.05, 0.1) is 11.9 Å². The quantitative estimate of drug-likeness (QED) is 0.857. The second-order valence-electron chi connectivity index (χ2n) is 4.69. The predicted molar refractivity (Wildman–Crippen MR) is 71.0 cm³/mol. The second-order valence-corrected chi connectivity index (χ2v) is 4.69. The summed E-state index contributed by atoms with van der Waals surface area (Å²) in [4.78, 5) is 13.9. The first-order chi connectivity index (χ1) is 9.65. The van der Waals surface area contributed by atoms with Crippen LogP contribution in [0.5, 0.6) is 5.75 Å². The van der Waals surface area contributed by atoms with Crippen molar-refractivity contribution in [3.8, 4) is 5.75 Å². The van der Waals surface area contributed by atoms with E-state index < -0.39 is 11.9 Å². The third-order valence-electron chi connectivity index (χ3n) is 3.27. The molecule has 1 saturated heterocycles. The standard InChI is InChI=1S/C14H14FN3O2/c1-17-9-10(8-16-17)18-7-6-13(14(18)19)20-12-5-3-2-4-11(12)15/h2-5,8-9,13H,6-7H2,1H3/t13-/m1/s1. The summed E-state index contributed by atoms with van der Waals surface area (Å²) in [5, 5.41) is 4.04. The number of rotatable bonds is 3. The summed E-state index contributed by atoms with van der Waals surface area (Å²) in [5.41, 5.74) is 0.733. The minimum Gasteiger partial charge on any atom is -0.477 e. The number of hydrogen-bond acceptors (Lipinski definition) is 3. The molecule has 1 fully saturated rings. The molecule has 1 amide bonds. The van der Waals surface area contributed by atoms with E-state index in [1.807, 2.05) is 0 Å². The molecule has 0 bridgehead atoms. The maximum atomic E-state index is 13.5. The zero-order valence-electron chi connectivity index (χ0n) is 11.0. The first-order valence-electron chi connectivity index (χ1n) is 6.36. The molecule has 0 spiro atoms. The molecule has 5 nitrogen and oxygen atoms in total. The van der Waals surface area contributed by atoms with E-state index in [0.717, 1.165) is 5.69 Å². The molecule has 0 radical (unpaired) electrons. The number of para-hydroxylation sites is 1. The van der Waals surface area contributed by atoms with Gasteiger partial charge in [-0.1, -0.05) is 12.1 Å². The Morgan fingerprint density at radius 2 is 2.20 bits per heavy atom. The number of aromatic nitrogens is 2. The number of halogens is 1. The van der Waals surface area contributed by atoms with Crippen LogP contribution in [0.1, 0.15) is 6.42 Å². The Morgan fingerprint density at radius 3 is 2.90 bits per heavy atom. The number of carbonyl (C=O) groups is 1. The lowest BCUT2D eigenvalue weighted by Crippen LogP contribution is -2.32. The van der Waals surface area contributed by atoms with E-state index in [2.05, 4.69) is 5.10 Å². The number of aryl methyl sites for hydroxylation is 1. The number of benzene rings is 1. The summed E-state index contributed by atoms with van der Waals surface area (Å²) in [5.74, 6) is -0.514. The van der Waals surface area contributed by atoms with Crippen molar-refractivity contribution in [1.29, 1.82) is 0 Å². The number of carbonyl (C=O) groups excluding carboxylic acids is 1. The van der Waals surface area contributed by atoms with Gasteiger partial charge in [-0.3, -0.25) is 9.48 Å². The van der Waals surface area contributed by atoms with Gasteiger partial charge in [-0.05, 0) is 12.1 Å². The summed E-state index contributed by atoms with van der Waals surface area (Å²) >= 11 is 0. The van der Waals surface area contributed by atoms with Gasteiger partial charge in [0.25, 0.3) is 5.91 Å². The topological polar surface area (TPSA) is 47.4 Å². The molecular weight excluding hydrogens is 261 g/mol. The number of hydrogen-bond donors (Lipinski definition) is 0. The van der Waals surface area contributed by atoms with E-state index in [0.29, 0.717) is 13.0 Å². The van der Waals surface area contributed by atoms with Crippen LogP contribution in [0.15, 0.2) is 36.7 Å². The number of ether oxygens (including phenoxy) is 1. The zero-order chi connectivity index (χ0) is 14.1. The lowest BCUT2D eigenvalue weighted by molar-refractivity contribution is -0.122. The highest BCUT2D eigenvalue weighted by Gasteiger charge is 2.35. The highest BCUT2D eigenvalue weighted by molar-refractivity contribution is 5.98. The van der Waals surface area contributed by atoms with Gasteiger partial charge in [-0.15, -0.1) is 0 Å². The first-order valence-corrected chi connectivity index (χ1v) is 6.36. The van der Waals surface area contributed by atoms with Crippen molar-refractivity contribution in [1.82, 2.24) is 9.78 Å². The van der Waals surface area contributed by atoms with E-state index in [1.165, 1.54) is 12.1 Å². The summed E-state index contributed by atoms with van der Waals surface area (Å²) < 4.78 is 20.6. The maximum Gasteiger partial charge on any atom is 0.268 e. The van der Waals surface area contributed by atoms with Crippen molar-refractivity contribution >= 4 is 11.6 Å². The monoisotopic (exact) mass is 275 g/mol. The minimum atomic E-state index is -0.646. The molecular formula is C14H14FN3O2. The van der Waals surface area contributed by atoms with E-state index in [4.69, 9.17) is 4.74 Å². The molecule has 0 aliphatic carbocycles. The molecule has 0 unspecified atom stereocenters. The molecule has 3 rings (SSSR count). The first kappa shape index (κ1) is 12.7. The van der Waals surface area contributed by atoms with Crippen LogP contribution < -0.4 is 9.64 Å². The van der Waals surface area contributed by atoms with Crippen molar-refractivity contribution in [2.24, 2.45) is 7.05 Å². The van der Waals surface area contributed by atoms with Crippen molar-refractivity contribution in [3.63, 3.8) is 0 Å². The van der Waals surface area contributed by atoms with Crippen LogP contribution in [0.4, 0.5) is 10.1 Å². The molecule has 2 aromatic rings. The van der Waals surface area contributed by atoms with E-state index in [-0.39, 0.29) is 11.7 Å². The van der Waals surface area contributed by atoms with Crippen LogP contribution in [0, 0.1) is 5.82 Å². The summed E-state index contributed by atoms with van der Waals surface area (Å²) in [6, 6.07) is 6.10. The van der Waals surface area contributed by atoms with Gasteiger partial charge >= 0.3 is 0 Å². The Labute approximate surface area is 115 Å². The second kappa shape index (κ2) is 4.96. The van der Waals surface area contributed by atoms with Crippen LogP contribution in [-0.2, 0) is 11.8 Å². The molecule has 1 aromatic heterocycles. The minimum absolute atomic E-state index is 0.110. The fraction of sp³-hybridized carbons (Fsp3) is 0.286. The third-order valence-corrected chi connectivity index (χ3v) is 3.27. The molecule has 0 N–H and O–H groups in total. The predicted octanol–water partition coefficient (Wildman–Crippen LogP) is 1.74. The Hall–Kier alpha value is -2.37. The van der Waals surface area contributed by atoms with E-state index >= 15 is 0 Å². The molecule has 1 aliphatic rings. The third kappa shape index (κ3) is 2.24. The summed E-state index contributed by atoms with van der Waals surface area (Å²) in [7, 11) is 1.79. The molecule has 20 heavy (non-hydrogen) atoms. The summed E-state index contributed by atoms with van der Waals surface area (Å²) in [6.45, 7) is 0.545. The lowest BCUT2D eigenvalue weighted by Gasteiger charge is -2.15. The van der Waals surface area contributed by atoms with Gasteiger partial charge in [0, 0.05) is 26.2 Å². The Balaban J connectivity index is 1.75. The molecule has 2 heterocycles. The van der Waals surface area contributed by atoms with Crippen molar-refractivity contribution in [3.05, 3.63) is 42.5 Å². The van der Waals surface area contributed by atoms with E-state index in [1.54, 1.807) is 41.2 Å². The van der Waals surface area contributed by atoms with E-state index in [9.17, 15) is 9.18 Å². The fourth-order valence-electron chi connectivity index (χ4n) is 2.26. The molecule has 1 aromatic carbocycles. The van der Waals surface area contributed by atoms with Gasteiger partial charge in [0.1, 0.15) is 0 Å². The summed E-state index contributed by atoms with van der Waals surface area (Å²) in [6.07, 6.45) is 3.28. The van der Waals surface area contributed by atoms with Crippen LogP contribution in [0.2, 0.25) is 0 Å². The van der Waals surface area contributed by atoms with Crippen LogP contribution in [0.25, 0.3) is 0 Å². The van der Waals surface area contributed by atoms with Gasteiger partial charge < -0.3 is 9.64 Å². The SMILES string of the molecule is Cn1cc(N2CC[C@@H](Oc3ccccc3F)C2=O)cn1. The molecule has 104 valence electrons. The highest BCUT2D eigenvalue weighted by Crippen LogP contribution is 2.25. The number of nitrogens with zero attached hydrogens (tertiary/aromatic N) is 3. The van der Waals surface area contributed by atoms with Crippen molar-refractivity contribution in [2.75, 3.05) is 11.4 Å². The smallest absolute Gasteiger partial charge is 0.268 e. The lowest BCUT2D eigenvalue weighted by atomic mass is 10.3. The molecule has 1 aliphatic heterocycles. The molecule has 0 saturated carbocycles. The van der Waals surface area contributed by atoms with Crippen LogP contribution in [0.3, 0.4) is 0 Å². The zero-order valence-corrected chi connectivity index (χ0v) is 11.0. The normalized spacial score (nSPS) is 18.6. The van der Waals surface area contributed by atoms with Gasteiger partial charge in [0.15, 0.2) is 17.7 Å². The average molecular weight is 275 g/mol. The van der Waals surface area contributed by atoms with Gasteiger partial charge in [-0.25, -0.2) is 4.39 Å². The van der Waals surface area contributed by atoms with Crippen molar-refractivity contribution < 1.29 is 13.9 Å². The number of amides is 1. The fourth-order valence-corrected chi connectivity index (χ4v) is 2.26. The van der Waals surface area contributed by atoms with Crippen molar-refractivity contribution in [2.45, 2.75) is 12.5 Å². The maximum absolute atomic E-state index is 13.5. The highest BCUT2D eigenvalue weighted by atomic mass is 19.1. The largest absolute Gasteiger partial charge is 0.477 e. The van der Waals surface area contributed by atoms with Crippen LogP contribution in [-0.4, -0.2) is 28.3 Å². The number of anilines is 1. The molecule has 6 heteroatoms. The Kier molecular flexibility index (Phi) is 3.14.